The van der Waals surface area contributed by atoms with E-state index < -0.39 is 9.84 Å². The van der Waals surface area contributed by atoms with E-state index in [2.05, 4.69) is 0 Å². The average Bonchev–Trinajstić information content (AvgIpc) is 2.80. The molecule has 0 fully saturated rings. The smallest absolute Gasteiger partial charge is 0.175 e. The van der Waals surface area contributed by atoms with E-state index >= 15 is 0 Å². The number of furan rings is 1. The second kappa shape index (κ2) is 4.25. The number of rotatable bonds is 3. The highest BCUT2D eigenvalue weighted by atomic mass is 32.2. The largest absolute Gasteiger partial charge is 0.496 e. The molecule has 1 heterocycles. The van der Waals surface area contributed by atoms with E-state index in [-0.39, 0.29) is 4.90 Å². The SMILES string of the molecule is COc1ccc(S(C)(=O)=O)cc1-c1ccco1. The first-order chi connectivity index (χ1) is 8.02. The molecule has 0 aliphatic carbocycles. The highest BCUT2D eigenvalue weighted by molar-refractivity contribution is 7.90. The van der Waals surface area contributed by atoms with E-state index in [1.807, 2.05) is 0 Å². The number of sulfone groups is 1. The third kappa shape index (κ3) is 2.34. The Labute approximate surface area is 99.8 Å². The maximum atomic E-state index is 11.5. The lowest BCUT2D eigenvalue weighted by Gasteiger charge is -2.07. The van der Waals surface area contributed by atoms with Crippen molar-refractivity contribution in [1.82, 2.24) is 0 Å². The van der Waals surface area contributed by atoms with Crippen LogP contribution in [0.2, 0.25) is 0 Å². The molecule has 0 atom stereocenters. The Morgan fingerprint density at radius 3 is 2.53 bits per heavy atom. The van der Waals surface area contributed by atoms with Gasteiger partial charge < -0.3 is 9.15 Å². The van der Waals surface area contributed by atoms with Crippen molar-refractivity contribution in [3.05, 3.63) is 36.6 Å². The van der Waals surface area contributed by atoms with E-state index in [1.54, 1.807) is 24.3 Å². The Kier molecular flexibility index (Phi) is 2.93. The summed E-state index contributed by atoms with van der Waals surface area (Å²) in [7, 11) is -1.71. The second-order valence-electron chi connectivity index (χ2n) is 3.61. The van der Waals surface area contributed by atoms with Crippen molar-refractivity contribution in [1.29, 1.82) is 0 Å². The van der Waals surface area contributed by atoms with Crippen LogP contribution in [0.15, 0.2) is 45.9 Å². The molecule has 2 aromatic rings. The third-order valence-electron chi connectivity index (χ3n) is 2.39. The van der Waals surface area contributed by atoms with Gasteiger partial charge in [0.1, 0.15) is 11.5 Å². The van der Waals surface area contributed by atoms with Crippen molar-refractivity contribution in [3.8, 4) is 17.1 Å². The Morgan fingerprint density at radius 1 is 1.24 bits per heavy atom. The molecule has 1 aromatic carbocycles. The van der Waals surface area contributed by atoms with Gasteiger partial charge in [0, 0.05) is 6.26 Å². The molecular weight excluding hydrogens is 240 g/mol. The molecule has 17 heavy (non-hydrogen) atoms. The number of hydrogen-bond acceptors (Lipinski definition) is 4. The van der Waals surface area contributed by atoms with Gasteiger partial charge in [-0.15, -0.1) is 0 Å². The number of hydrogen-bond donors (Lipinski definition) is 0. The van der Waals surface area contributed by atoms with Gasteiger partial charge in [-0.3, -0.25) is 0 Å². The van der Waals surface area contributed by atoms with Crippen LogP contribution in [0.4, 0.5) is 0 Å². The fourth-order valence-corrected chi connectivity index (χ4v) is 2.19. The standard InChI is InChI=1S/C12H12O4S/c1-15-11-6-5-9(17(2,13)14)8-10(11)12-4-3-7-16-12/h3-8H,1-2H3. The van der Waals surface area contributed by atoms with Gasteiger partial charge in [0.05, 0.1) is 23.8 Å². The van der Waals surface area contributed by atoms with Gasteiger partial charge in [0.15, 0.2) is 9.84 Å². The van der Waals surface area contributed by atoms with E-state index in [4.69, 9.17) is 9.15 Å². The molecule has 0 aliphatic heterocycles. The van der Waals surface area contributed by atoms with Crippen LogP contribution in [-0.2, 0) is 9.84 Å². The van der Waals surface area contributed by atoms with Gasteiger partial charge in [-0.1, -0.05) is 0 Å². The van der Waals surface area contributed by atoms with E-state index in [1.165, 1.54) is 25.7 Å². The predicted molar refractivity (Wildman–Crippen MR) is 63.8 cm³/mol. The van der Waals surface area contributed by atoms with E-state index in [9.17, 15) is 8.42 Å². The van der Waals surface area contributed by atoms with Crippen LogP contribution >= 0.6 is 0 Å². The van der Waals surface area contributed by atoms with Gasteiger partial charge >= 0.3 is 0 Å². The fourth-order valence-electron chi connectivity index (χ4n) is 1.54. The Bertz CT molecular complexity index is 612. The summed E-state index contributed by atoms with van der Waals surface area (Å²) in [4.78, 5) is 0.240. The molecule has 0 radical (unpaired) electrons. The van der Waals surface area contributed by atoms with Crippen molar-refractivity contribution < 1.29 is 17.6 Å². The summed E-state index contributed by atoms with van der Waals surface area (Å²) in [5.41, 5.74) is 0.625. The van der Waals surface area contributed by atoms with Crippen LogP contribution in [0.25, 0.3) is 11.3 Å². The minimum absolute atomic E-state index is 0.240. The summed E-state index contributed by atoms with van der Waals surface area (Å²) in [6.07, 6.45) is 2.70. The first-order valence-electron chi connectivity index (χ1n) is 4.94. The first-order valence-corrected chi connectivity index (χ1v) is 6.83. The molecule has 0 saturated carbocycles. The monoisotopic (exact) mass is 252 g/mol. The summed E-state index contributed by atoms with van der Waals surface area (Å²) in [5.74, 6) is 1.15. The third-order valence-corrected chi connectivity index (χ3v) is 3.50. The van der Waals surface area contributed by atoms with Crippen molar-refractivity contribution in [2.75, 3.05) is 13.4 Å². The van der Waals surface area contributed by atoms with Crippen molar-refractivity contribution in [2.24, 2.45) is 0 Å². The normalized spacial score (nSPS) is 11.4. The van der Waals surface area contributed by atoms with Crippen LogP contribution in [-0.4, -0.2) is 21.8 Å². The lowest BCUT2D eigenvalue weighted by atomic mass is 10.1. The summed E-state index contributed by atoms with van der Waals surface area (Å²) in [6.45, 7) is 0. The molecule has 0 unspecified atom stereocenters. The molecule has 0 amide bonds. The number of benzene rings is 1. The Morgan fingerprint density at radius 2 is 2.00 bits per heavy atom. The minimum Gasteiger partial charge on any atom is -0.496 e. The Balaban J connectivity index is 2.63. The topological polar surface area (TPSA) is 56.5 Å². The van der Waals surface area contributed by atoms with Crippen LogP contribution in [0.3, 0.4) is 0 Å². The molecule has 0 N–H and O–H groups in total. The summed E-state index contributed by atoms with van der Waals surface area (Å²) < 4.78 is 33.4. The summed E-state index contributed by atoms with van der Waals surface area (Å²) in [5, 5.41) is 0. The molecule has 90 valence electrons. The molecule has 0 spiro atoms. The van der Waals surface area contributed by atoms with Crippen molar-refractivity contribution in [3.63, 3.8) is 0 Å². The minimum atomic E-state index is -3.24. The molecule has 4 nitrogen and oxygen atoms in total. The van der Waals surface area contributed by atoms with Gasteiger partial charge in [0.2, 0.25) is 0 Å². The van der Waals surface area contributed by atoms with E-state index in [0.717, 1.165) is 0 Å². The fraction of sp³-hybridized carbons (Fsp3) is 0.167. The average molecular weight is 252 g/mol. The second-order valence-corrected chi connectivity index (χ2v) is 5.63. The van der Waals surface area contributed by atoms with Gasteiger partial charge in [-0.25, -0.2) is 8.42 Å². The van der Waals surface area contributed by atoms with Gasteiger partial charge in [0.25, 0.3) is 0 Å². The zero-order valence-corrected chi connectivity index (χ0v) is 10.3. The first kappa shape index (κ1) is 11.7. The molecule has 0 bridgehead atoms. The van der Waals surface area contributed by atoms with Crippen molar-refractivity contribution in [2.45, 2.75) is 4.90 Å². The predicted octanol–water partition coefficient (Wildman–Crippen LogP) is 2.36. The molecular formula is C12H12O4S. The quantitative estimate of drug-likeness (QED) is 0.841. The van der Waals surface area contributed by atoms with Gasteiger partial charge in [-0.2, -0.15) is 0 Å². The molecule has 1 aromatic heterocycles. The number of methoxy groups -OCH3 is 1. The zero-order valence-electron chi connectivity index (χ0n) is 9.51. The van der Waals surface area contributed by atoms with Crippen LogP contribution in [0, 0.1) is 0 Å². The van der Waals surface area contributed by atoms with Crippen LogP contribution in [0.1, 0.15) is 0 Å². The lowest BCUT2D eigenvalue weighted by molar-refractivity contribution is 0.414. The highest BCUT2D eigenvalue weighted by Crippen LogP contribution is 2.32. The van der Waals surface area contributed by atoms with Crippen molar-refractivity contribution >= 4 is 9.84 Å². The maximum absolute atomic E-state index is 11.5. The van der Waals surface area contributed by atoms with E-state index in [0.29, 0.717) is 17.1 Å². The lowest BCUT2D eigenvalue weighted by Crippen LogP contribution is -1.98. The van der Waals surface area contributed by atoms with Gasteiger partial charge in [-0.05, 0) is 30.3 Å². The summed E-state index contributed by atoms with van der Waals surface area (Å²) in [6, 6.07) is 8.17. The molecule has 0 aliphatic rings. The highest BCUT2D eigenvalue weighted by Gasteiger charge is 2.14. The van der Waals surface area contributed by atoms with Crippen LogP contribution < -0.4 is 4.74 Å². The zero-order chi connectivity index (χ0) is 12.5. The Hall–Kier alpha value is -1.75. The van der Waals surface area contributed by atoms with Crippen LogP contribution in [0.5, 0.6) is 5.75 Å². The number of ether oxygens (including phenoxy) is 1. The maximum Gasteiger partial charge on any atom is 0.175 e. The molecule has 5 heteroatoms. The molecule has 0 saturated heterocycles. The molecule has 2 rings (SSSR count). The summed E-state index contributed by atoms with van der Waals surface area (Å²) >= 11 is 0.